The van der Waals surface area contributed by atoms with E-state index in [9.17, 15) is 4.79 Å². The fourth-order valence-electron chi connectivity index (χ4n) is 1.53. The third-order valence-electron chi connectivity index (χ3n) is 2.51. The van der Waals surface area contributed by atoms with Gasteiger partial charge in [0.2, 0.25) is 0 Å². The molecule has 4 nitrogen and oxygen atoms in total. The van der Waals surface area contributed by atoms with Crippen LogP contribution in [0.25, 0.3) is 0 Å². The van der Waals surface area contributed by atoms with E-state index in [1.807, 2.05) is 12.1 Å². The maximum atomic E-state index is 11.4. The highest BCUT2D eigenvalue weighted by molar-refractivity contribution is 5.97. The molecule has 0 saturated carbocycles. The minimum Gasteiger partial charge on any atom is -0.455 e. The summed E-state index contributed by atoms with van der Waals surface area (Å²) in [6, 6.07) is 14.0. The van der Waals surface area contributed by atoms with Gasteiger partial charge in [0.1, 0.15) is 11.5 Å². The minimum atomic E-state index is -0.0965. The Kier molecular flexibility index (Phi) is 3.60. The molecule has 0 amide bonds. The first-order chi connectivity index (χ1) is 8.70. The number of nitrogens with two attached hydrogens (primary N) is 2. The van der Waals surface area contributed by atoms with E-state index < -0.39 is 0 Å². The maximum absolute atomic E-state index is 11.4. The Morgan fingerprint density at radius 3 is 2.33 bits per heavy atom. The van der Waals surface area contributed by atoms with E-state index in [2.05, 4.69) is 0 Å². The van der Waals surface area contributed by atoms with Crippen molar-refractivity contribution in [3.63, 3.8) is 0 Å². The van der Waals surface area contributed by atoms with Gasteiger partial charge in [-0.1, -0.05) is 12.1 Å². The molecule has 4 N–H and O–H groups in total. The average Bonchev–Trinajstić information content (AvgIpc) is 2.41. The molecule has 0 heterocycles. The summed E-state index contributed by atoms with van der Waals surface area (Å²) in [6.45, 7) is 0.00579. The monoisotopic (exact) mass is 242 g/mol. The third-order valence-corrected chi connectivity index (χ3v) is 2.51. The summed E-state index contributed by atoms with van der Waals surface area (Å²) >= 11 is 0. The molecule has 92 valence electrons. The summed E-state index contributed by atoms with van der Waals surface area (Å²) in [5.41, 5.74) is 12.2. The fourth-order valence-corrected chi connectivity index (χ4v) is 1.53. The number of ether oxygens (including phenoxy) is 1. The van der Waals surface area contributed by atoms with Crippen LogP contribution in [-0.2, 0) is 0 Å². The van der Waals surface area contributed by atoms with Crippen molar-refractivity contribution in [2.24, 2.45) is 5.73 Å². The number of nitrogen functional groups attached to an aromatic ring is 1. The van der Waals surface area contributed by atoms with Gasteiger partial charge in [0.15, 0.2) is 5.78 Å². The minimum absolute atomic E-state index is 0.00579. The molecule has 2 rings (SSSR count). The zero-order valence-corrected chi connectivity index (χ0v) is 9.80. The molecule has 0 atom stereocenters. The van der Waals surface area contributed by atoms with Crippen molar-refractivity contribution in [2.45, 2.75) is 0 Å². The van der Waals surface area contributed by atoms with Gasteiger partial charge in [-0.15, -0.1) is 0 Å². The maximum Gasteiger partial charge on any atom is 0.176 e. The van der Waals surface area contributed by atoms with Crippen molar-refractivity contribution < 1.29 is 9.53 Å². The van der Waals surface area contributed by atoms with Gasteiger partial charge in [-0.25, -0.2) is 0 Å². The molecule has 0 saturated heterocycles. The molecular weight excluding hydrogens is 228 g/mol. The number of carbonyl (C=O) groups is 1. The molecular formula is C14H14N2O2. The second-order valence-electron chi connectivity index (χ2n) is 3.79. The highest BCUT2D eigenvalue weighted by atomic mass is 16.5. The van der Waals surface area contributed by atoms with Gasteiger partial charge < -0.3 is 16.2 Å². The number of anilines is 1. The topological polar surface area (TPSA) is 78.3 Å². The summed E-state index contributed by atoms with van der Waals surface area (Å²) in [7, 11) is 0. The van der Waals surface area contributed by atoms with Crippen LogP contribution in [0.4, 0.5) is 5.69 Å². The number of Topliss-reactive ketones (excluding diaryl/α,β-unsaturated/α-hetero) is 1. The zero-order valence-electron chi connectivity index (χ0n) is 9.80. The highest BCUT2D eigenvalue weighted by Crippen LogP contribution is 2.26. The summed E-state index contributed by atoms with van der Waals surface area (Å²) in [4.78, 5) is 11.4. The van der Waals surface area contributed by atoms with E-state index in [1.165, 1.54) is 0 Å². The lowest BCUT2D eigenvalue weighted by Gasteiger charge is -2.08. The lowest BCUT2D eigenvalue weighted by Crippen LogP contribution is -2.13. The molecule has 0 aliphatic rings. The molecule has 0 bridgehead atoms. The highest BCUT2D eigenvalue weighted by Gasteiger charge is 2.04. The van der Waals surface area contributed by atoms with E-state index in [4.69, 9.17) is 16.2 Å². The van der Waals surface area contributed by atoms with Crippen molar-refractivity contribution in [2.75, 3.05) is 12.3 Å². The summed E-state index contributed by atoms with van der Waals surface area (Å²) in [6.07, 6.45) is 0. The molecule has 2 aromatic carbocycles. The Bertz CT molecular complexity index is 550. The molecule has 0 spiro atoms. The van der Waals surface area contributed by atoms with Crippen LogP contribution in [0, 0.1) is 0 Å². The van der Waals surface area contributed by atoms with Crippen LogP contribution in [0.2, 0.25) is 0 Å². The van der Waals surface area contributed by atoms with Crippen molar-refractivity contribution in [3.05, 3.63) is 54.1 Å². The van der Waals surface area contributed by atoms with Gasteiger partial charge >= 0.3 is 0 Å². The van der Waals surface area contributed by atoms with Crippen LogP contribution in [0.15, 0.2) is 48.5 Å². The van der Waals surface area contributed by atoms with Crippen molar-refractivity contribution in [3.8, 4) is 11.5 Å². The summed E-state index contributed by atoms with van der Waals surface area (Å²) in [5, 5.41) is 0. The first kappa shape index (κ1) is 12.1. The Balaban J connectivity index is 2.16. The zero-order chi connectivity index (χ0) is 13.0. The Morgan fingerprint density at radius 2 is 1.72 bits per heavy atom. The van der Waals surface area contributed by atoms with E-state index in [-0.39, 0.29) is 12.3 Å². The van der Waals surface area contributed by atoms with Crippen LogP contribution < -0.4 is 16.2 Å². The standard InChI is InChI=1S/C14H14N2O2/c15-9-13(17)10-5-7-11(8-6-10)18-14-4-2-1-3-12(14)16/h1-8H,9,15-16H2. The third kappa shape index (κ3) is 2.67. The van der Waals surface area contributed by atoms with E-state index in [0.29, 0.717) is 22.7 Å². The van der Waals surface area contributed by atoms with Crippen LogP contribution in [0.5, 0.6) is 11.5 Å². The SMILES string of the molecule is NCC(=O)c1ccc(Oc2ccccc2N)cc1. The average molecular weight is 242 g/mol. The lowest BCUT2D eigenvalue weighted by atomic mass is 10.1. The molecule has 0 aliphatic heterocycles. The van der Waals surface area contributed by atoms with Gasteiger partial charge in [0, 0.05) is 5.56 Å². The van der Waals surface area contributed by atoms with Crippen LogP contribution in [0.1, 0.15) is 10.4 Å². The van der Waals surface area contributed by atoms with E-state index in [1.54, 1.807) is 36.4 Å². The van der Waals surface area contributed by atoms with Gasteiger partial charge in [0.25, 0.3) is 0 Å². The predicted octanol–water partition coefficient (Wildman–Crippen LogP) is 2.20. The van der Waals surface area contributed by atoms with Crippen LogP contribution >= 0.6 is 0 Å². The van der Waals surface area contributed by atoms with Gasteiger partial charge in [-0.3, -0.25) is 4.79 Å². The number of hydrogen-bond donors (Lipinski definition) is 2. The summed E-state index contributed by atoms with van der Waals surface area (Å²) < 4.78 is 5.61. The number of rotatable bonds is 4. The smallest absolute Gasteiger partial charge is 0.176 e. The first-order valence-electron chi connectivity index (χ1n) is 5.56. The molecule has 0 fully saturated rings. The van der Waals surface area contributed by atoms with Gasteiger partial charge in [-0.05, 0) is 36.4 Å². The van der Waals surface area contributed by atoms with Crippen molar-refractivity contribution >= 4 is 11.5 Å². The van der Waals surface area contributed by atoms with Crippen molar-refractivity contribution in [1.29, 1.82) is 0 Å². The van der Waals surface area contributed by atoms with Gasteiger partial charge in [-0.2, -0.15) is 0 Å². The van der Waals surface area contributed by atoms with Crippen LogP contribution in [-0.4, -0.2) is 12.3 Å². The number of para-hydroxylation sites is 2. The van der Waals surface area contributed by atoms with E-state index in [0.717, 1.165) is 0 Å². The normalized spacial score (nSPS) is 10.1. The predicted molar refractivity (Wildman–Crippen MR) is 70.8 cm³/mol. The molecule has 18 heavy (non-hydrogen) atoms. The van der Waals surface area contributed by atoms with Crippen LogP contribution in [0.3, 0.4) is 0 Å². The molecule has 4 heteroatoms. The number of carbonyl (C=O) groups excluding carboxylic acids is 1. The second kappa shape index (κ2) is 5.33. The molecule has 0 unspecified atom stereocenters. The lowest BCUT2D eigenvalue weighted by molar-refractivity contribution is 0.100. The Morgan fingerprint density at radius 1 is 1.06 bits per heavy atom. The fraction of sp³-hybridized carbons (Fsp3) is 0.0714. The quantitative estimate of drug-likeness (QED) is 0.636. The Hall–Kier alpha value is -2.33. The number of benzene rings is 2. The van der Waals surface area contributed by atoms with E-state index >= 15 is 0 Å². The summed E-state index contributed by atoms with van der Waals surface area (Å²) in [5.74, 6) is 1.12. The van der Waals surface area contributed by atoms with Crippen molar-refractivity contribution in [1.82, 2.24) is 0 Å². The molecule has 0 aromatic heterocycles. The first-order valence-corrected chi connectivity index (χ1v) is 5.56. The molecule has 0 radical (unpaired) electrons. The molecule has 0 aliphatic carbocycles. The molecule has 2 aromatic rings. The number of ketones is 1. The Labute approximate surface area is 105 Å². The number of hydrogen-bond acceptors (Lipinski definition) is 4. The van der Waals surface area contributed by atoms with Gasteiger partial charge in [0.05, 0.1) is 12.2 Å². The second-order valence-corrected chi connectivity index (χ2v) is 3.79. The largest absolute Gasteiger partial charge is 0.455 e.